The number of aromatic nitrogens is 3. The van der Waals surface area contributed by atoms with Crippen LogP contribution >= 0.6 is 24.8 Å². The summed E-state index contributed by atoms with van der Waals surface area (Å²) >= 11 is 0. The van der Waals surface area contributed by atoms with Crippen LogP contribution in [0.25, 0.3) is 11.4 Å². The molecule has 8 heteroatoms. The van der Waals surface area contributed by atoms with E-state index in [-0.39, 0.29) is 36.8 Å². The van der Waals surface area contributed by atoms with Gasteiger partial charge in [0.25, 0.3) is 0 Å². The number of halogens is 2. The molecule has 1 saturated carbocycles. The summed E-state index contributed by atoms with van der Waals surface area (Å²) in [5.74, 6) is 2.37. The quantitative estimate of drug-likeness (QED) is 0.804. The van der Waals surface area contributed by atoms with Crippen LogP contribution in [0, 0.1) is 5.92 Å². The number of nitrogens with two attached hydrogens (primary N) is 1. The Labute approximate surface area is 172 Å². The zero-order valence-electron chi connectivity index (χ0n) is 15.3. The van der Waals surface area contributed by atoms with Crippen LogP contribution in [0.15, 0.2) is 24.3 Å². The van der Waals surface area contributed by atoms with Crippen molar-refractivity contribution in [3.05, 3.63) is 30.1 Å². The van der Waals surface area contributed by atoms with Crippen molar-refractivity contribution in [2.24, 2.45) is 11.7 Å². The highest BCUT2D eigenvalue weighted by Crippen LogP contribution is 2.28. The summed E-state index contributed by atoms with van der Waals surface area (Å²) < 4.78 is 2.21. The smallest absolute Gasteiger partial charge is 0.224 e. The highest BCUT2D eigenvalue weighted by Gasteiger charge is 2.26. The lowest BCUT2D eigenvalue weighted by Gasteiger charge is -2.15. The van der Waals surface area contributed by atoms with E-state index in [0.29, 0.717) is 12.3 Å². The molecule has 0 unspecified atom stereocenters. The molecular formula is C19H27Cl2N5O. The van der Waals surface area contributed by atoms with Gasteiger partial charge in [-0.2, -0.15) is 0 Å². The van der Waals surface area contributed by atoms with Crippen molar-refractivity contribution in [2.45, 2.75) is 57.5 Å². The second-order valence-corrected chi connectivity index (χ2v) is 7.23. The molecule has 1 aromatic heterocycles. The summed E-state index contributed by atoms with van der Waals surface area (Å²) in [4.78, 5) is 12.2. The minimum Gasteiger partial charge on any atom is -0.327 e. The van der Waals surface area contributed by atoms with E-state index in [1.54, 1.807) is 0 Å². The van der Waals surface area contributed by atoms with Gasteiger partial charge in [-0.25, -0.2) is 0 Å². The van der Waals surface area contributed by atoms with Crippen molar-refractivity contribution in [3.63, 3.8) is 0 Å². The Morgan fingerprint density at radius 1 is 1.11 bits per heavy atom. The Kier molecular flexibility index (Phi) is 7.65. The van der Waals surface area contributed by atoms with Gasteiger partial charge >= 0.3 is 0 Å². The van der Waals surface area contributed by atoms with Crippen LogP contribution in [-0.2, 0) is 17.8 Å². The molecule has 0 spiro atoms. The van der Waals surface area contributed by atoms with E-state index in [0.717, 1.165) is 55.1 Å². The number of fused-ring (bicyclic) bond motifs is 1. The van der Waals surface area contributed by atoms with Gasteiger partial charge in [0.15, 0.2) is 5.82 Å². The van der Waals surface area contributed by atoms with E-state index >= 15 is 0 Å². The number of benzene rings is 1. The maximum Gasteiger partial charge on any atom is 0.224 e. The third kappa shape index (κ3) is 4.81. The van der Waals surface area contributed by atoms with Crippen LogP contribution in [-0.4, -0.2) is 26.7 Å². The zero-order valence-corrected chi connectivity index (χ0v) is 16.9. The number of rotatable bonds is 4. The molecule has 1 aromatic carbocycles. The van der Waals surface area contributed by atoms with Gasteiger partial charge in [0.2, 0.25) is 5.91 Å². The first-order valence-corrected chi connectivity index (χ1v) is 9.28. The van der Waals surface area contributed by atoms with Crippen LogP contribution in [0.4, 0.5) is 5.69 Å². The van der Waals surface area contributed by atoms with Crippen molar-refractivity contribution in [1.82, 2.24) is 14.8 Å². The van der Waals surface area contributed by atoms with Crippen LogP contribution in [0.2, 0.25) is 0 Å². The van der Waals surface area contributed by atoms with E-state index in [9.17, 15) is 4.79 Å². The van der Waals surface area contributed by atoms with E-state index < -0.39 is 0 Å². The molecule has 2 aromatic rings. The molecule has 0 radical (unpaired) electrons. The van der Waals surface area contributed by atoms with E-state index in [1.807, 2.05) is 24.3 Å². The summed E-state index contributed by atoms with van der Waals surface area (Å²) in [6.45, 7) is 0.984. The average molecular weight is 412 g/mol. The van der Waals surface area contributed by atoms with E-state index in [4.69, 9.17) is 5.73 Å². The molecule has 1 aliphatic heterocycles. The zero-order chi connectivity index (χ0) is 17.2. The number of nitrogens with one attached hydrogen (secondary N) is 1. The van der Waals surface area contributed by atoms with Crippen LogP contribution in [0.1, 0.15) is 44.3 Å². The number of nitrogens with zero attached hydrogens (tertiary/aromatic N) is 3. The molecule has 1 amide bonds. The van der Waals surface area contributed by atoms with Gasteiger partial charge in [-0.05, 0) is 55.9 Å². The maximum absolute atomic E-state index is 12.2. The standard InChI is InChI=1S/C19H25N5O.2ClH/c20-16-5-3-4-14(16)12-18(25)21-15-9-7-13(8-10-15)19-23-22-17-6-1-2-11-24(17)19;;/h7-10,14,16H,1-6,11-12,20H2,(H,21,25);2*1H/t14-,16+;;/m0../s1. The molecule has 6 nitrogen and oxygen atoms in total. The number of aryl methyl sites for hydroxylation is 1. The summed E-state index contributed by atoms with van der Waals surface area (Å²) in [5.41, 5.74) is 7.91. The number of anilines is 1. The SMILES string of the molecule is Cl.Cl.N[C@@H]1CCC[C@H]1CC(=O)Nc1ccc(-c2nnc3n2CCCC3)cc1. The molecule has 1 fully saturated rings. The highest BCUT2D eigenvalue weighted by molar-refractivity contribution is 5.91. The molecule has 4 rings (SSSR count). The monoisotopic (exact) mass is 411 g/mol. The van der Waals surface area contributed by atoms with Crippen molar-refractivity contribution < 1.29 is 4.79 Å². The molecule has 3 N–H and O–H groups in total. The molecule has 148 valence electrons. The average Bonchev–Trinajstić information content (AvgIpc) is 3.22. The van der Waals surface area contributed by atoms with Crippen molar-refractivity contribution in [1.29, 1.82) is 0 Å². The van der Waals surface area contributed by atoms with E-state index in [1.165, 1.54) is 12.8 Å². The fourth-order valence-corrected chi connectivity index (χ4v) is 3.99. The predicted molar refractivity (Wildman–Crippen MR) is 111 cm³/mol. The first kappa shape index (κ1) is 21.7. The highest BCUT2D eigenvalue weighted by atomic mass is 35.5. The largest absolute Gasteiger partial charge is 0.327 e. The summed E-state index contributed by atoms with van der Waals surface area (Å²) in [6, 6.07) is 8.05. The number of hydrogen-bond donors (Lipinski definition) is 2. The van der Waals surface area contributed by atoms with Crippen LogP contribution < -0.4 is 11.1 Å². The number of amides is 1. The van der Waals surface area contributed by atoms with Crippen LogP contribution in [0.3, 0.4) is 0 Å². The molecule has 2 heterocycles. The normalized spacial score (nSPS) is 20.9. The maximum atomic E-state index is 12.2. The van der Waals surface area contributed by atoms with Gasteiger partial charge < -0.3 is 15.6 Å². The summed E-state index contributed by atoms with van der Waals surface area (Å²) in [7, 11) is 0. The lowest BCUT2D eigenvalue weighted by Crippen LogP contribution is -2.28. The predicted octanol–water partition coefficient (Wildman–Crippen LogP) is 3.58. The Hall–Kier alpha value is -1.63. The summed E-state index contributed by atoms with van der Waals surface area (Å²) in [5, 5.41) is 11.6. The minimum atomic E-state index is 0. The third-order valence-corrected chi connectivity index (χ3v) is 5.45. The molecule has 1 aliphatic carbocycles. The van der Waals surface area contributed by atoms with Gasteiger partial charge in [0, 0.05) is 36.7 Å². The Balaban J connectivity index is 0.00000131. The molecule has 0 bridgehead atoms. The molecule has 2 atom stereocenters. The Bertz CT molecular complexity index is 762. The van der Waals surface area contributed by atoms with Crippen molar-refractivity contribution >= 4 is 36.4 Å². The van der Waals surface area contributed by atoms with Crippen LogP contribution in [0.5, 0.6) is 0 Å². The molecule has 0 saturated heterocycles. The van der Waals surface area contributed by atoms with Gasteiger partial charge in [0.1, 0.15) is 5.82 Å². The molecular weight excluding hydrogens is 385 g/mol. The minimum absolute atomic E-state index is 0. The van der Waals surface area contributed by atoms with Gasteiger partial charge in [-0.15, -0.1) is 35.0 Å². The van der Waals surface area contributed by atoms with Gasteiger partial charge in [-0.1, -0.05) is 6.42 Å². The van der Waals surface area contributed by atoms with E-state index in [2.05, 4.69) is 20.1 Å². The number of carbonyl (C=O) groups is 1. The number of carbonyl (C=O) groups excluding carboxylic acids is 1. The van der Waals surface area contributed by atoms with Crippen molar-refractivity contribution in [3.8, 4) is 11.4 Å². The van der Waals surface area contributed by atoms with Gasteiger partial charge in [-0.3, -0.25) is 4.79 Å². The number of hydrogen-bond acceptors (Lipinski definition) is 4. The van der Waals surface area contributed by atoms with Gasteiger partial charge in [0.05, 0.1) is 0 Å². The fourth-order valence-electron chi connectivity index (χ4n) is 3.99. The fraction of sp³-hybridized carbons (Fsp3) is 0.526. The Morgan fingerprint density at radius 3 is 2.59 bits per heavy atom. The Morgan fingerprint density at radius 2 is 1.89 bits per heavy atom. The molecule has 27 heavy (non-hydrogen) atoms. The lowest BCUT2D eigenvalue weighted by atomic mass is 10.00. The topological polar surface area (TPSA) is 85.8 Å². The van der Waals surface area contributed by atoms with Crippen molar-refractivity contribution in [2.75, 3.05) is 5.32 Å². The summed E-state index contributed by atoms with van der Waals surface area (Å²) in [6.07, 6.45) is 7.12. The second kappa shape index (κ2) is 9.53. The lowest BCUT2D eigenvalue weighted by molar-refractivity contribution is -0.117. The second-order valence-electron chi connectivity index (χ2n) is 7.23. The molecule has 2 aliphatic rings. The first-order chi connectivity index (χ1) is 12.2. The first-order valence-electron chi connectivity index (χ1n) is 9.28. The third-order valence-electron chi connectivity index (χ3n) is 5.45.